The molecule has 1 aliphatic carbocycles. The van der Waals surface area contributed by atoms with Crippen molar-refractivity contribution in [2.45, 2.75) is 71.3 Å². The minimum Gasteiger partial charge on any atom is -0.379 e. The quantitative estimate of drug-likeness (QED) is 0.0225. The van der Waals surface area contributed by atoms with Crippen LogP contribution in [0.4, 0.5) is 0 Å². The van der Waals surface area contributed by atoms with Gasteiger partial charge in [-0.05, 0) is 38.2 Å². The minimum atomic E-state index is -0.607. The SMILES string of the molecule is CCC/C1=C(\NN)C(OCC(=O)NCCOCCOCCOCCOCCC(=O)NCC(=O)NCC(=O)NCC(=O)NCC(=O)NCC)CCCCC1. The average molecular weight is 759 g/mol. The van der Waals surface area contributed by atoms with E-state index in [0.29, 0.717) is 52.7 Å². The Balaban J connectivity index is 1.94. The lowest BCUT2D eigenvalue weighted by Gasteiger charge is -2.26. The van der Waals surface area contributed by atoms with Gasteiger partial charge in [-0.1, -0.05) is 26.2 Å². The number of nitrogens with one attached hydrogen (secondary N) is 7. The molecular weight excluding hydrogens is 696 g/mol. The highest BCUT2D eigenvalue weighted by atomic mass is 16.6. The van der Waals surface area contributed by atoms with Crippen molar-refractivity contribution in [3.05, 3.63) is 11.3 Å². The highest BCUT2D eigenvalue weighted by molar-refractivity contribution is 5.91. The Labute approximate surface area is 312 Å². The van der Waals surface area contributed by atoms with Crippen molar-refractivity contribution >= 4 is 35.4 Å². The van der Waals surface area contributed by atoms with E-state index in [-0.39, 0.29) is 70.3 Å². The van der Waals surface area contributed by atoms with Gasteiger partial charge in [-0.3, -0.25) is 34.6 Å². The van der Waals surface area contributed by atoms with Crippen LogP contribution in [0.1, 0.15) is 65.2 Å². The number of carbonyl (C=O) groups excluding carboxylic acids is 6. The van der Waals surface area contributed by atoms with Crippen LogP contribution in [0.15, 0.2) is 11.3 Å². The van der Waals surface area contributed by atoms with Crippen LogP contribution in [0.2, 0.25) is 0 Å². The van der Waals surface area contributed by atoms with Crippen molar-refractivity contribution in [2.24, 2.45) is 5.84 Å². The Morgan fingerprint density at radius 3 is 1.64 bits per heavy atom. The fourth-order valence-electron chi connectivity index (χ4n) is 4.94. The molecule has 1 atom stereocenters. The maximum absolute atomic E-state index is 12.3. The Morgan fingerprint density at radius 2 is 1.11 bits per heavy atom. The summed E-state index contributed by atoms with van der Waals surface area (Å²) in [4.78, 5) is 70.7. The lowest BCUT2D eigenvalue weighted by Crippen LogP contribution is -2.45. The van der Waals surface area contributed by atoms with Crippen LogP contribution in [-0.4, -0.2) is 140 Å². The number of amides is 6. The molecule has 0 aromatic heterocycles. The normalized spacial score (nSPS) is 15.7. The fraction of sp³-hybridized carbons (Fsp3) is 0.765. The maximum Gasteiger partial charge on any atom is 0.246 e. The third kappa shape index (κ3) is 25.7. The first-order chi connectivity index (χ1) is 25.7. The van der Waals surface area contributed by atoms with E-state index in [2.05, 4.69) is 44.3 Å². The molecule has 0 aliphatic heterocycles. The molecule has 304 valence electrons. The summed E-state index contributed by atoms with van der Waals surface area (Å²) in [5.74, 6) is 3.13. The predicted molar refractivity (Wildman–Crippen MR) is 194 cm³/mol. The second-order valence-corrected chi connectivity index (χ2v) is 11.9. The topological polar surface area (TPSA) is 259 Å². The van der Waals surface area contributed by atoms with Crippen LogP contribution in [-0.2, 0) is 52.5 Å². The lowest BCUT2D eigenvalue weighted by atomic mass is 9.93. The number of hydrazine groups is 1. The third-order valence-corrected chi connectivity index (χ3v) is 7.59. The molecule has 19 heteroatoms. The van der Waals surface area contributed by atoms with E-state index >= 15 is 0 Å². The first kappa shape index (κ1) is 47.1. The number of ether oxygens (including phenoxy) is 5. The monoisotopic (exact) mass is 758 g/mol. The summed E-state index contributed by atoms with van der Waals surface area (Å²) in [6.07, 6.45) is 6.99. The second kappa shape index (κ2) is 31.6. The summed E-state index contributed by atoms with van der Waals surface area (Å²) in [5.41, 5.74) is 5.05. The van der Waals surface area contributed by atoms with Crippen molar-refractivity contribution in [1.82, 2.24) is 37.3 Å². The first-order valence-corrected chi connectivity index (χ1v) is 18.4. The van der Waals surface area contributed by atoms with E-state index in [0.717, 1.165) is 50.6 Å². The van der Waals surface area contributed by atoms with Crippen molar-refractivity contribution < 1.29 is 52.5 Å². The molecule has 0 saturated carbocycles. The Morgan fingerprint density at radius 1 is 0.604 bits per heavy atom. The van der Waals surface area contributed by atoms with Crippen LogP contribution < -0.4 is 43.2 Å². The number of hydrogen-bond acceptors (Lipinski definition) is 13. The molecule has 1 rings (SSSR count). The lowest BCUT2D eigenvalue weighted by molar-refractivity contribution is -0.129. The van der Waals surface area contributed by atoms with Crippen molar-refractivity contribution in [3.63, 3.8) is 0 Å². The zero-order valence-electron chi connectivity index (χ0n) is 31.4. The number of hydrogen-bond donors (Lipinski definition) is 8. The van der Waals surface area contributed by atoms with Gasteiger partial charge in [-0.15, -0.1) is 0 Å². The van der Waals surface area contributed by atoms with E-state index in [4.69, 9.17) is 29.5 Å². The van der Waals surface area contributed by atoms with Crippen molar-refractivity contribution in [2.75, 3.05) is 98.7 Å². The van der Waals surface area contributed by atoms with Crippen LogP contribution >= 0.6 is 0 Å². The minimum absolute atomic E-state index is 0.0328. The van der Waals surface area contributed by atoms with E-state index in [9.17, 15) is 28.8 Å². The van der Waals surface area contributed by atoms with Crippen LogP contribution in [0.25, 0.3) is 0 Å². The molecule has 6 amide bonds. The van der Waals surface area contributed by atoms with Gasteiger partial charge in [0.05, 0.1) is 90.8 Å². The van der Waals surface area contributed by atoms with E-state index < -0.39 is 23.6 Å². The summed E-state index contributed by atoms with van der Waals surface area (Å²) in [6, 6.07) is 0. The molecule has 19 nitrogen and oxygen atoms in total. The smallest absolute Gasteiger partial charge is 0.246 e. The zero-order valence-corrected chi connectivity index (χ0v) is 31.4. The number of nitrogens with two attached hydrogens (primary N) is 1. The van der Waals surface area contributed by atoms with Gasteiger partial charge in [0.25, 0.3) is 0 Å². The highest BCUT2D eigenvalue weighted by Crippen LogP contribution is 2.26. The van der Waals surface area contributed by atoms with Gasteiger partial charge >= 0.3 is 0 Å². The Hall–Kier alpha value is -3.88. The highest BCUT2D eigenvalue weighted by Gasteiger charge is 2.21. The molecular formula is C34H62N8O11. The van der Waals surface area contributed by atoms with Crippen LogP contribution in [0.3, 0.4) is 0 Å². The molecule has 9 N–H and O–H groups in total. The summed E-state index contributed by atoms with van der Waals surface area (Å²) >= 11 is 0. The number of allylic oxidation sites excluding steroid dienone is 1. The largest absolute Gasteiger partial charge is 0.379 e. The predicted octanol–water partition coefficient (Wildman–Crippen LogP) is -1.97. The first-order valence-electron chi connectivity index (χ1n) is 18.4. The Bertz CT molecular complexity index is 1130. The fourth-order valence-corrected chi connectivity index (χ4v) is 4.94. The number of rotatable bonds is 30. The van der Waals surface area contributed by atoms with E-state index in [1.165, 1.54) is 5.57 Å². The third-order valence-electron chi connectivity index (χ3n) is 7.59. The van der Waals surface area contributed by atoms with E-state index in [1.54, 1.807) is 6.92 Å². The molecule has 1 unspecified atom stereocenters. The molecule has 0 aromatic rings. The molecule has 0 bridgehead atoms. The van der Waals surface area contributed by atoms with Gasteiger partial charge in [0.15, 0.2) is 0 Å². The molecule has 53 heavy (non-hydrogen) atoms. The Kier molecular flexibility index (Phi) is 28.1. The van der Waals surface area contributed by atoms with E-state index in [1.807, 2.05) is 0 Å². The standard InChI is InChI=1S/C34H62N8O11/c1-3-8-26-9-6-5-7-10-27(34(26)42-35)53-25-33(48)37-12-14-50-16-18-52-20-19-51-17-15-49-13-11-28(43)38-22-30(45)40-24-32(47)41-23-31(46)39-21-29(44)36-4-2/h27,42H,3-25,35H2,1-2H3,(H,36,44)(H,37,48)(H,38,43)(H,39,46)(H,40,45)(H,41,47)/b34-26+. The summed E-state index contributed by atoms with van der Waals surface area (Å²) < 4.78 is 27.7. The van der Waals surface area contributed by atoms with Crippen LogP contribution in [0, 0.1) is 0 Å². The maximum atomic E-state index is 12.3. The second-order valence-electron chi connectivity index (χ2n) is 11.9. The van der Waals surface area contributed by atoms with Gasteiger partial charge in [-0.2, -0.15) is 0 Å². The van der Waals surface area contributed by atoms with Gasteiger partial charge in [-0.25, -0.2) is 0 Å². The van der Waals surface area contributed by atoms with Gasteiger partial charge in [0.1, 0.15) is 6.61 Å². The molecule has 0 spiro atoms. The number of likely N-dealkylation sites (N-methyl/N-ethyl adjacent to an activating group) is 1. The summed E-state index contributed by atoms with van der Waals surface area (Å²) in [7, 11) is 0. The van der Waals surface area contributed by atoms with Gasteiger partial charge in [0.2, 0.25) is 35.4 Å². The molecule has 0 heterocycles. The molecule has 0 saturated heterocycles. The summed E-state index contributed by atoms with van der Waals surface area (Å²) in [5, 5.41) is 14.7. The van der Waals surface area contributed by atoms with Gasteiger partial charge in [0, 0.05) is 19.5 Å². The molecule has 1 aliphatic rings. The van der Waals surface area contributed by atoms with Crippen molar-refractivity contribution in [3.8, 4) is 0 Å². The zero-order chi connectivity index (χ0) is 38.9. The summed E-state index contributed by atoms with van der Waals surface area (Å²) in [6.45, 7) is 5.91. The number of carbonyl (C=O) groups is 6. The van der Waals surface area contributed by atoms with Crippen molar-refractivity contribution in [1.29, 1.82) is 0 Å². The van der Waals surface area contributed by atoms with Gasteiger partial charge < -0.3 is 61.0 Å². The average Bonchev–Trinajstić information content (AvgIpc) is 3.13. The molecule has 0 aromatic carbocycles. The molecule has 0 fully saturated rings. The molecule has 0 radical (unpaired) electrons. The van der Waals surface area contributed by atoms with Crippen LogP contribution in [0.5, 0.6) is 0 Å².